The second-order valence-corrected chi connectivity index (χ2v) is 5.20. The van der Waals surface area contributed by atoms with Crippen LogP contribution in [0.25, 0.3) is 0 Å². The molecule has 1 aliphatic heterocycles. The zero-order valence-electron chi connectivity index (χ0n) is 11.9. The molecule has 1 aromatic rings. The SMILES string of the molecule is C[C@@H](c1ccc(OC(F)F)cc1)N(C)C[C@@H]1CCCO1. The van der Waals surface area contributed by atoms with Gasteiger partial charge >= 0.3 is 6.61 Å². The fourth-order valence-electron chi connectivity index (χ4n) is 2.45. The fourth-order valence-corrected chi connectivity index (χ4v) is 2.45. The van der Waals surface area contributed by atoms with Gasteiger partial charge in [-0.25, -0.2) is 0 Å². The number of nitrogens with zero attached hydrogens (tertiary/aromatic N) is 1. The summed E-state index contributed by atoms with van der Waals surface area (Å²) in [6, 6.07) is 7.03. The minimum Gasteiger partial charge on any atom is -0.435 e. The maximum atomic E-state index is 12.1. The predicted molar refractivity (Wildman–Crippen MR) is 73.1 cm³/mol. The predicted octanol–water partition coefficient (Wildman–Crippen LogP) is 3.46. The number of rotatable bonds is 6. The molecule has 1 saturated heterocycles. The maximum absolute atomic E-state index is 12.1. The van der Waals surface area contributed by atoms with Crippen LogP contribution in [-0.4, -0.2) is 37.8 Å². The number of ether oxygens (including phenoxy) is 2. The molecule has 0 N–H and O–H groups in total. The number of halogens is 2. The Hall–Kier alpha value is -1.20. The van der Waals surface area contributed by atoms with Gasteiger partial charge in [-0.05, 0) is 44.5 Å². The highest BCUT2D eigenvalue weighted by Crippen LogP contribution is 2.24. The molecule has 1 aliphatic rings. The van der Waals surface area contributed by atoms with Crippen LogP contribution >= 0.6 is 0 Å². The van der Waals surface area contributed by atoms with Crippen LogP contribution in [0.4, 0.5) is 8.78 Å². The van der Waals surface area contributed by atoms with Gasteiger partial charge in [0.15, 0.2) is 0 Å². The molecule has 0 radical (unpaired) electrons. The third-order valence-corrected chi connectivity index (χ3v) is 3.76. The first kappa shape index (κ1) is 15.2. The van der Waals surface area contributed by atoms with E-state index in [1.807, 2.05) is 12.1 Å². The van der Waals surface area contributed by atoms with Crippen molar-refractivity contribution in [1.29, 1.82) is 0 Å². The number of likely N-dealkylation sites (N-methyl/N-ethyl adjacent to an activating group) is 1. The summed E-state index contributed by atoms with van der Waals surface area (Å²) in [5, 5.41) is 0. The average Bonchev–Trinajstić information content (AvgIpc) is 2.91. The van der Waals surface area contributed by atoms with E-state index in [4.69, 9.17) is 4.74 Å². The van der Waals surface area contributed by atoms with Gasteiger partial charge in [0.1, 0.15) is 5.75 Å². The fraction of sp³-hybridized carbons (Fsp3) is 0.600. The number of alkyl halides is 2. The summed E-state index contributed by atoms with van der Waals surface area (Å²) in [7, 11) is 2.05. The van der Waals surface area contributed by atoms with Crippen molar-refractivity contribution in [3.05, 3.63) is 29.8 Å². The van der Waals surface area contributed by atoms with Gasteiger partial charge in [0.2, 0.25) is 0 Å². The van der Waals surface area contributed by atoms with Crippen LogP contribution in [-0.2, 0) is 4.74 Å². The van der Waals surface area contributed by atoms with E-state index in [0.29, 0.717) is 6.10 Å². The molecule has 2 atom stereocenters. The van der Waals surface area contributed by atoms with Crippen LogP contribution in [0.1, 0.15) is 31.4 Å². The van der Waals surface area contributed by atoms with Crippen molar-refractivity contribution in [2.24, 2.45) is 0 Å². The van der Waals surface area contributed by atoms with Crippen LogP contribution in [0.15, 0.2) is 24.3 Å². The van der Waals surface area contributed by atoms with Gasteiger partial charge in [-0.15, -0.1) is 0 Å². The van der Waals surface area contributed by atoms with Crippen LogP contribution in [0.3, 0.4) is 0 Å². The number of hydrogen-bond donors (Lipinski definition) is 0. The minimum absolute atomic E-state index is 0.192. The molecule has 0 aliphatic carbocycles. The molecule has 2 rings (SSSR count). The van der Waals surface area contributed by atoms with E-state index in [-0.39, 0.29) is 11.8 Å². The summed E-state index contributed by atoms with van der Waals surface area (Å²) in [6.45, 7) is 1.06. The summed E-state index contributed by atoms with van der Waals surface area (Å²) in [5.74, 6) is 0.192. The molecular formula is C15H21F2NO2. The Kier molecular flexibility index (Phi) is 5.31. The van der Waals surface area contributed by atoms with Crippen LogP contribution in [0.2, 0.25) is 0 Å². The first-order valence-corrected chi connectivity index (χ1v) is 6.93. The smallest absolute Gasteiger partial charge is 0.387 e. The summed E-state index contributed by atoms with van der Waals surface area (Å²) in [6.07, 6.45) is 2.55. The molecule has 0 amide bonds. The first-order valence-electron chi connectivity index (χ1n) is 6.93. The van der Waals surface area contributed by atoms with Crippen molar-refractivity contribution < 1.29 is 18.3 Å². The molecule has 3 nitrogen and oxygen atoms in total. The van der Waals surface area contributed by atoms with Crippen LogP contribution in [0.5, 0.6) is 5.75 Å². The molecule has 1 fully saturated rings. The van der Waals surface area contributed by atoms with Crippen molar-refractivity contribution in [1.82, 2.24) is 4.90 Å². The Morgan fingerprint density at radius 1 is 1.35 bits per heavy atom. The second-order valence-electron chi connectivity index (χ2n) is 5.20. The quantitative estimate of drug-likeness (QED) is 0.799. The summed E-state index contributed by atoms with van der Waals surface area (Å²) in [4.78, 5) is 2.22. The zero-order valence-corrected chi connectivity index (χ0v) is 11.9. The van der Waals surface area contributed by atoms with Gasteiger partial charge in [0, 0.05) is 19.2 Å². The van der Waals surface area contributed by atoms with E-state index in [9.17, 15) is 8.78 Å². The van der Waals surface area contributed by atoms with Gasteiger partial charge in [0.25, 0.3) is 0 Å². The van der Waals surface area contributed by atoms with Crippen molar-refractivity contribution in [2.45, 2.75) is 38.5 Å². The number of benzene rings is 1. The van der Waals surface area contributed by atoms with Gasteiger partial charge in [-0.2, -0.15) is 8.78 Å². The van der Waals surface area contributed by atoms with E-state index >= 15 is 0 Å². The minimum atomic E-state index is -2.78. The Labute approximate surface area is 118 Å². The van der Waals surface area contributed by atoms with E-state index in [2.05, 4.69) is 23.6 Å². The normalized spacial score (nSPS) is 20.6. The Bertz CT molecular complexity index is 405. The van der Waals surface area contributed by atoms with Gasteiger partial charge < -0.3 is 9.47 Å². The van der Waals surface area contributed by atoms with Crippen molar-refractivity contribution >= 4 is 0 Å². The standard InChI is InChI=1S/C15H21F2NO2/c1-11(18(2)10-14-4-3-9-19-14)12-5-7-13(8-6-12)20-15(16)17/h5-8,11,14-15H,3-4,9-10H2,1-2H3/t11-,14-/m0/s1. The van der Waals surface area contributed by atoms with Crippen molar-refractivity contribution in [3.8, 4) is 5.75 Å². The summed E-state index contributed by atoms with van der Waals surface area (Å²) in [5.41, 5.74) is 1.08. The molecule has 112 valence electrons. The third-order valence-electron chi connectivity index (χ3n) is 3.76. The van der Waals surface area contributed by atoms with Crippen molar-refractivity contribution in [3.63, 3.8) is 0 Å². The zero-order chi connectivity index (χ0) is 14.5. The molecule has 0 saturated carbocycles. The molecule has 20 heavy (non-hydrogen) atoms. The van der Waals surface area contributed by atoms with Gasteiger partial charge in [0.05, 0.1) is 6.10 Å². The molecule has 0 unspecified atom stereocenters. The third kappa shape index (κ3) is 4.15. The lowest BCUT2D eigenvalue weighted by Crippen LogP contribution is -2.31. The van der Waals surface area contributed by atoms with E-state index in [0.717, 1.165) is 31.6 Å². The number of hydrogen-bond acceptors (Lipinski definition) is 3. The van der Waals surface area contributed by atoms with Gasteiger partial charge in [-0.3, -0.25) is 4.90 Å². The lowest BCUT2D eigenvalue weighted by molar-refractivity contribution is -0.0498. The molecule has 0 bridgehead atoms. The van der Waals surface area contributed by atoms with E-state index in [1.165, 1.54) is 0 Å². The monoisotopic (exact) mass is 285 g/mol. The largest absolute Gasteiger partial charge is 0.435 e. The molecule has 5 heteroatoms. The maximum Gasteiger partial charge on any atom is 0.387 e. The van der Waals surface area contributed by atoms with E-state index in [1.54, 1.807) is 12.1 Å². The highest BCUT2D eigenvalue weighted by molar-refractivity contribution is 5.29. The van der Waals surface area contributed by atoms with Crippen LogP contribution in [0, 0.1) is 0 Å². The summed E-state index contributed by atoms with van der Waals surface area (Å²) < 4.78 is 34.2. The molecule has 0 aromatic heterocycles. The lowest BCUT2D eigenvalue weighted by atomic mass is 10.1. The lowest BCUT2D eigenvalue weighted by Gasteiger charge is -2.27. The Balaban J connectivity index is 1.91. The Morgan fingerprint density at radius 2 is 2.05 bits per heavy atom. The molecular weight excluding hydrogens is 264 g/mol. The van der Waals surface area contributed by atoms with Gasteiger partial charge in [-0.1, -0.05) is 12.1 Å². The average molecular weight is 285 g/mol. The van der Waals surface area contributed by atoms with Crippen LogP contribution < -0.4 is 4.74 Å². The molecule has 1 heterocycles. The summed E-state index contributed by atoms with van der Waals surface area (Å²) >= 11 is 0. The molecule has 0 spiro atoms. The topological polar surface area (TPSA) is 21.7 Å². The second kappa shape index (κ2) is 6.99. The van der Waals surface area contributed by atoms with Crippen molar-refractivity contribution in [2.75, 3.05) is 20.2 Å². The first-order chi connectivity index (χ1) is 9.56. The Morgan fingerprint density at radius 3 is 2.60 bits per heavy atom. The highest BCUT2D eigenvalue weighted by atomic mass is 19.3. The molecule has 1 aromatic carbocycles. The van der Waals surface area contributed by atoms with E-state index < -0.39 is 6.61 Å². The highest BCUT2D eigenvalue weighted by Gasteiger charge is 2.20.